The Kier molecular flexibility index (Phi) is 8.86. The van der Waals surface area contributed by atoms with Crippen molar-refractivity contribution in [1.29, 1.82) is 0 Å². The molecule has 0 aliphatic heterocycles. The van der Waals surface area contributed by atoms with Crippen molar-refractivity contribution in [3.63, 3.8) is 0 Å². The van der Waals surface area contributed by atoms with Crippen molar-refractivity contribution in [1.82, 2.24) is 0 Å². The van der Waals surface area contributed by atoms with Gasteiger partial charge < -0.3 is 15.1 Å². The van der Waals surface area contributed by atoms with Crippen LogP contribution in [0.1, 0.15) is 0 Å². The first-order valence-corrected chi connectivity index (χ1v) is 19.3. The predicted molar refractivity (Wildman–Crippen MR) is 240 cm³/mol. The molecule has 1 aromatic heterocycles. The fourth-order valence-electron chi connectivity index (χ4n) is 7.94. The van der Waals surface area contributed by atoms with Crippen LogP contribution < -0.4 is 10.6 Å². The van der Waals surface area contributed by atoms with Crippen LogP contribution in [0.3, 0.4) is 0 Å². The molecule has 0 aliphatic carbocycles. The molecule has 0 saturated heterocycles. The molecule has 0 bridgehead atoms. The standard InChI is InChI=1S/C54H38N2O/c1-5-17-37(18-6-1)45-26-15-27-46(38-19-7-2-8-20-38)53(45)55-43-33-42(41-31-32-52-50(35-41)49-25-13-14-30-51(49)57-52)34-44(36-43)56-54-47(39-21-9-3-10-22-39)28-16-29-48(54)40-23-11-4-12-24-40/h1-36,55-56H. The number of fused-ring (bicyclic) bond motifs is 3. The van der Waals surface area contributed by atoms with Crippen molar-refractivity contribution in [2.45, 2.75) is 0 Å². The number of nitrogens with one attached hydrogen (secondary N) is 2. The predicted octanol–water partition coefficient (Wildman–Crippen LogP) is 15.4. The lowest BCUT2D eigenvalue weighted by Gasteiger charge is -2.21. The van der Waals surface area contributed by atoms with Gasteiger partial charge in [0.15, 0.2) is 0 Å². The maximum atomic E-state index is 6.24. The van der Waals surface area contributed by atoms with E-state index < -0.39 is 0 Å². The molecule has 0 aliphatic rings. The second-order valence-corrected chi connectivity index (χ2v) is 14.3. The minimum absolute atomic E-state index is 0.876. The number of furan rings is 1. The first kappa shape index (κ1) is 33.9. The number of rotatable bonds is 9. The van der Waals surface area contributed by atoms with Crippen LogP contribution in [0.25, 0.3) is 77.6 Å². The third-order valence-corrected chi connectivity index (χ3v) is 10.6. The van der Waals surface area contributed by atoms with E-state index in [1.807, 2.05) is 12.1 Å². The van der Waals surface area contributed by atoms with Crippen LogP contribution in [0.15, 0.2) is 223 Å². The molecule has 1 heterocycles. The van der Waals surface area contributed by atoms with Crippen molar-refractivity contribution >= 4 is 44.7 Å². The van der Waals surface area contributed by atoms with E-state index >= 15 is 0 Å². The van der Waals surface area contributed by atoms with E-state index in [-0.39, 0.29) is 0 Å². The molecule has 9 aromatic carbocycles. The Morgan fingerprint density at radius 1 is 0.263 bits per heavy atom. The molecule has 270 valence electrons. The van der Waals surface area contributed by atoms with E-state index in [9.17, 15) is 0 Å². The van der Waals surface area contributed by atoms with Gasteiger partial charge in [-0.2, -0.15) is 0 Å². The topological polar surface area (TPSA) is 37.2 Å². The number of benzene rings is 9. The first-order chi connectivity index (χ1) is 28.2. The molecule has 0 radical (unpaired) electrons. The van der Waals surface area contributed by atoms with Crippen molar-refractivity contribution in [2.75, 3.05) is 10.6 Å². The molecule has 0 spiro atoms. The van der Waals surface area contributed by atoms with Gasteiger partial charge in [0, 0.05) is 44.4 Å². The van der Waals surface area contributed by atoms with Crippen LogP contribution >= 0.6 is 0 Å². The van der Waals surface area contributed by atoms with Gasteiger partial charge in [0.25, 0.3) is 0 Å². The van der Waals surface area contributed by atoms with E-state index in [2.05, 4.69) is 217 Å². The number of hydrogen-bond acceptors (Lipinski definition) is 3. The van der Waals surface area contributed by atoms with Crippen LogP contribution in [0, 0.1) is 0 Å². The summed E-state index contributed by atoms with van der Waals surface area (Å²) in [7, 11) is 0. The number of hydrogen-bond donors (Lipinski definition) is 2. The monoisotopic (exact) mass is 730 g/mol. The van der Waals surface area contributed by atoms with Crippen LogP contribution in [-0.4, -0.2) is 0 Å². The highest BCUT2D eigenvalue weighted by Gasteiger charge is 2.17. The van der Waals surface area contributed by atoms with Gasteiger partial charge in [-0.25, -0.2) is 0 Å². The molecule has 10 aromatic rings. The minimum atomic E-state index is 0.876. The molecule has 0 atom stereocenters. The summed E-state index contributed by atoms with van der Waals surface area (Å²) in [6.45, 7) is 0. The SMILES string of the molecule is c1ccc(-c2cccc(-c3ccccc3)c2Nc2cc(Nc3c(-c4ccccc4)cccc3-c3ccccc3)cc(-c3ccc4oc5ccccc5c4c3)c2)cc1. The van der Waals surface area contributed by atoms with Crippen LogP contribution in [-0.2, 0) is 0 Å². The maximum absolute atomic E-state index is 6.24. The lowest BCUT2D eigenvalue weighted by molar-refractivity contribution is 0.669. The van der Waals surface area contributed by atoms with E-state index in [0.29, 0.717) is 0 Å². The summed E-state index contributed by atoms with van der Waals surface area (Å²) in [6, 6.07) is 77.1. The third kappa shape index (κ3) is 6.73. The van der Waals surface area contributed by atoms with Crippen molar-refractivity contribution in [3.8, 4) is 55.6 Å². The summed E-state index contributed by atoms with van der Waals surface area (Å²) in [6.07, 6.45) is 0. The highest BCUT2D eigenvalue weighted by molar-refractivity contribution is 6.06. The Hall–Kier alpha value is -7.62. The molecule has 0 amide bonds. The van der Waals surface area contributed by atoms with E-state index in [0.717, 1.165) is 100 Å². The van der Waals surface area contributed by atoms with Gasteiger partial charge in [-0.3, -0.25) is 0 Å². The summed E-state index contributed by atoms with van der Waals surface area (Å²) in [5.74, 6) is 0. The number of para-hydroxylation sites is 3. The number of anilines is 4. The quantitative estimate of drug-likeness (QED) is 0.155. The fraction of sp³-hybridized carbons (Fsp3) is 0. The van der Waals surface area contributed by atoms with Gasteiger partial charge in [0.1, 0.15) is 11.2 Å². The van der Waals surface area contributed by atoms with Gasteiger partial charge in [0.05, 0.1) is 11.4 Å². The molecule has 0 fully saturated rings. The molecule has 10 rings (SSSR count). The highest BCUT2D eigenvalue weighted by atomic mass is 16.3. The average molecular weight is 731 g/mol. The third-order valence-electron chi connectivity index (χ3n) is 10.6. The summed E-state index contributed by atoms with van der Waals surface area (Å²) >= 11 is 0. The zero-order chi connectivity index (χ0) is 38.0. The van der Waals surface area contributed by atoms with E-state index in [1.54, 1.807) is 0 Å². The summed E-state index contributed by atoms with van der Waals surface area (Å²) in [5.41, 5.74) is 17.1. The minimum Gasteiger partial charge on any atom is -0.456 e. The first-order valence-electron chi connectivity index (χ1n) is 19.3. The smallest absolute Gasteiger partial charge is 0.135 e. The largest absolute Gasteiger partial charge is 0.456 e. The Labute approximate surface area is 332 Å². The van der Waals surface area contributed by atoms with Gasteiger partial charge in [-0.15, -0.1) is 0 Å². The van der Waals surface area contributed by atoms with Crippen molar-refractivity contribution < 1.29 is 4.42 Å². The molecule has 3 nitrogen and oxygen atoms in total. The van der Waals surface area contributed by atoms with Gasteiger partial charge in [-0.1, -0.05) is 182 Å². The molecule has 0 saturated carbocycles. The normalized spacial score (nSPS) is 11.2. The maximum Gasteiger partial charge on any atom is 0.135 e. The summed E-state index contributed by atoms with van der Waals surface area (Å²) < 4.78 is 6.24. The van der Waals surface area contributed by atoms with Crippen LogP contribution in [0.4, 0.5) is 22.7 Å². The fourth-order valence-corrected chi connectivity index (χ4v) is 7.94. The molecular weight excluding hydrogens is 693 g/mol. The van der Waals surface area contributed by atoms with E-state index in [1.165, 1.54) is 0 Å². The van der Waals surface area contributed by atoms with Crippen LogP contribution in [0.5, 0.6) is 0 Å². The highest BCUT2D eigenvalue weighted by Crippen LogP contribution is 2.43. The average Bonchev–Trinajstić information content (AvgIpc) is 3.66. The lowest BCUT2D eigenvalue weighted by Crippen LogP contribution is -2.00. The Balaban J connectivity index is 1.18. The molecule has 3 heteroatoms. The second kappa shape index (κ2) is 14.9. The lowest BCUT2D eigenvalue weighted by atomic mass is 9.95. The Bertz CT molecular complexity index is 2730. The van der Waals surface area contributed by atoms with Crippen molar-refractivity contribution in [2.24, 2.45) is 0 Å². The molecule has 2 N–H and O–H groups in total. The Morgan fingerprint density at radius 3 is 1.12 bits per heavy atom. The second-order valence-electron chi connectivity index (χ2n) is 14.3. The zero-order valence-electron chi connectivity index (χ0n) is 31.2. The molecular formula is C54H38N2O. The zero-order valence-corrected chi connectivity index (χ0v) is 31.2. The van der Waals surface area contributed by atoms with Crippen LogP contribution in [0.2, 0.25) is 0 Å². The van der Waals surface area contributed by atoms with Gasteiger partial charge in [0.2, 0.25) is 0 Å². The van der Waals surface area contributed by atoms with Gasteiger partial charge >= 0.3 is 0 Å². The summed E-state index contributed by atoms with van der Waals surface area (Å²) in [5, 5.41) is 10.1. The summed E-state index contributed by atoms with van der Waals surface area (Å²) in [4.78, 5) is 0. The van der Waals surface area contributed by atoms with E-state index in [4.69, 9.17) is 4.42 Å². The Morgan fingerprint density at radius 2 is 0.667 bits per heavy atom. The van der Waals surface area contributed by atoms with Gasteiger partial charge in [-0.05, 0) is 69.8 Å². The molecule has 57 heavy (non-hydrogen) atoms. The molecule has 0 unspecified atom stereocenters. The van der Waals surface area contributed by atoms with Crippen molar-refractivity contribution in [3.05, 3.63) is 218 Å².